The minimum Gasteiger partial charge on any atom is -0.497 e. The van der Waals surface area contributed by atoms with E-state index in [0.29, 0.717) is 5.75 Å². The lowest BCUT2D eigenvalue weighted by Crippen LogP contribution is -2.47. The molecule has 0 heterocycles. The van der Waals surface area contributed by atoms with Gasteiger partial charge in [-0.1, -0.05) is 49.4 Å². The standard InChI is InChI=1S/C23H29NO5/c1-16(18-11-13-19(27-5)14-12-18)20(21(25)29-23(2,3)4)24-22(26)28-15-17-9-7-6-8-10-17/h6-14,16,20H,15H2,1-5H3,(H,24,26)/t16-,20-/m0/s1. The lowest BCUT2D eigenvalue weighted by molar-refractivity contribution is -0.157. The van der Waals surface area contributed by atoms with E-state index in [9.17, 15) is 9.59 Å². The maximum atomic E-state index is 12.8. The molecule has 29 heavy (non-hydrogen) atoms. The molecule has 0 unspecified atom stereocenters. The Labute approximate surface area is 172 Å². The first-order valence-electron chi connectivity index (χ1n) is 9.53. The summed E-state index contributed by atoms with van der Waals surface area (Å²) in [5, 5.41) is 2.67. The Balaban J connectivity index is 2.12. The van der Waals surface area contributed by atoms with Crippen LogP contribution in [0.25, 0.3) is 0 Å². The van der Waals surface area contributed by atoms with Crippen LogP contribution in [0, 0.1) is 0 Å². The summed E-state index contributed by atoms with van der Waals surface area (Å²) < 4.78 is 16.0. The van der Waals surface area contributed by atoms with Gasteiger partial charge in [0.15, 0.2) is 0 Å². The van der Waals surface area contributed by atoms with Gasteiger partial charge in [-0.15, -0.1) is 0 Å². The number of benzene rings is 2. The predicted octanol–water partition coefficient (Wildman–Crippen LogP) is 4.44. The highest BCUT2D eigenvalue weighted by molar-refractivity contribution is 5.82. The normalized spacial score (nSPS) is 13.1. The first-order valence-corrected chi connectivity index (χ1v) is 9.53. The van der Waals surface area contributed by atoms with Gasteiger partial charge in [-0.05, 0) is 44.0 Å². The minimum absolute atomic E-state index is 0.116. The Morgan fingerprint density at radius 2 is 1.62 bits per heavy atom. The number of amides is 1. The van der Waals surface area contributed by atoms with E-state index in [4.69, 9.17) is 14.2 Å². The van der Waals surface area contributed by atoms with E-state index in [-0.39, 0.29) is 12.5 Å². The van der Waals surface area contributed by atoms with E-state index < -0.39 is 23.7 Å². The van der Waals surface area contributed by atoms with Gasteiger partial charge in [-0.3, -0.25) is 0 Å². The van der Waals surface area contributed by atoms with Crippen molar-refractivity contribution in [2.45, 2.75) is 51.9 Å². The summed E-state index contributed by atoms with van der Waals surface area (Å²) in [6, 6.07) is 15.8. The second-order valence-electron chi connectivity index (χ2n) is 7.78. The van der Waals surface area contributed by atoms with Crippen LogP contribution in [0.5, 0.6) is 5.75 Å². The SMILES string of the molecule is COc1ccc([C@H](C)[C@H](NC(=O)OCc2ccccc2)C(=O)OC(C)(C)C)cc1. The number of methoxy groups -OCH3 is 1. The summed E-state index contributed by atoms with van der Waals surface area (Å²) in [7, 11) is 1.59. The Kier molecular flexibility index (Phi) is 7.65. The monoisotopic (exact) mass is 399 g/mol. The second kappa shape index (κ2) is 9.96. The van der Waals surface area contributed by atoms with E-state index in [1.54, 1.807) is 27.9 Å². The fourth-order valence-corrected chi connectivity index (χ4v) is 2.74. The molecule has 0 aromatic heterocycles. The van der Waals surface area contributed by atoms with Crippen LogP contribution in [0.4, 0.5) is 4.79 Å². The van der Waals surface area contributed by atoms with Crippen LogP contribution >= 0.6 is 0 Å². The Bertz CT molecular complexity index is 796. The predicted molar refractivity (Wildman–Crippen MR) is 111 cm³/mol. The van der Waals surface area contributed by atoms with Crippen LogP contribution in [0.2, 0.25) is 0 Å². The zero-order valence-electron chi connectivity index (χ0n) is 17.6. The van der Waals surface area contributed by atoms with Crippen LogP contribution in [0.3, 0.4) is 0 Å². The molecule has 0 saturated heterocycles. The van der Waals surface area contributed by atoms with Crippen LogP contribution in [-0.4, -0.2) is 30.8 Å². The smallest absolute Gasteiger partial charge is 0.408 e. The third-order valence-corrected chi connectivity index (χ3v) is 4.29. The van der Waals surface area contributed by atoms with Gasteiger partial charge in [0.05, 0.1) is 7.11 Å². The van der Waals surface area contributed by atoms with E-state index in [1.165, 1.54) is 0 Å². The summed E-state index contributed by atoms with van der Waals surface area (Å²) in [5.41, 5.74) is 1.05. The van der Waals surface area contributed by atoms with Crippen molar-refractivity contribution in [2.24, 2.45) is 0 Å². The lowest BCUT2D eigenvalue weighted by Gasteiger charge is -2.28. The van der Waals surface area contributed by atoms with E-state index >= 15 is 0 Å². The summed E-state index contributed by atoms with van der Waals surface area (Å²) in [4.78, 5) is 25.2. The quantitative estimate of drug-likeness (QED) is 0.697. The van der Waals surface area contributed by atoms with Crippen LogP contribution in [0.1, 0.15) is 44.7 Å². The molecule has 1 N–H and O–H groups in total. The Morgan fingerprint density at radius 3 is 2.17 bits per heavy atom. The van der Waals surface area contributed by atoms with Crippen molar-refractivity contribution in [3.8, 4) is 5.75 Å². The molecule has 0 bridgehead atoms. The summed E-state index contributed by atoms with van der Waals surface area (Å²) in [6.07, 6.45) is -0.676. The van der Waals surface area contributed by atoms with Crippen LogP contribution < -0.4 is 10.1 Å². The molecule has 0 radical (unpaired) electrons. The second-order valence-corrected chi connectivity index (χ2v) is 7.78. The molecule has 2 rings (SSSR count). The van der Waals surface area contributed by atoms with Crippen molar-refractivity contribution in [2.75, 3.05) is 7.11 Å². The molecule has 6 heteroatoms. The van der Waals surface area contributed by atoms with Crippen LogP contribution in [-0.2, 0) is 20.9 Å². The maximum Gasteiger partial charge on any atom is 0.408 e. The average molecular weight is 399 g/mol. The third-order valence-electron chi connectivity index (χ3n) is 4.29. The van der Waals surface area contributed by atoms with Gasteiger partial charge >= 0.3 is 12.1 Å². The first kappa shape index (κ1) is 22.3. The molecule has 0 spiro atoms. The minimum atomic E-state index is -0.897. The number of hydrogen-bond donors (Lipinski definition) is 1. The van der Waals surface area contributed by atoms with Crippen molar-refractivity contribution >= 4 is 12.1 Å². The zero-order chi connectivity index (χ0) is 21.4. The Hall–Kier alpha value is -3.02. The molecule has 2 atom stereocenters. The highest BCUT2D eigenvalue weighted by Gasteiger charge is 2.32. The average Bonchev–Trinajstić information content (AvgIpc) is 2.69. The van der Waals surface area contributed by atoms with Gasteiger partial charge in [0.25, 0.3) is 0 Å². The van der Waals surface area contributed by atoms with Crippen molar-refractivity contribution in [3.05, 3.63) is 65.7 Å². The summed E-state index contributed by atoms with van der Waals surface area (Å²) in [5.74, 6) is -0.137. The van der Waals surface area contributed by atoms with Gasteiger partial charge in [-0.25, -0.2) is 9.59 Å². The number of hydrogen-bond acceptors (Lipinski definition) is 5. The number of nitrogens with one attached hydrogen (secondary N) is 1. The summed E-state index contributed by atoms with van der Waals surface area (Å²) >= 11 is 0. The zero-order valence-corrected chi connectivity index (χ0v) is 17.6. The number of esters is 1. The van der Waals surface area contributed by atoms with E-state index in [1.807, 2.05) is 61.5 Å². The van der Waals surface area contributed by atoms with E-state index in [2.05, 4.69) is 5.32 Å². The molecule has 0 fully saturated rings. The molecule has 156 valence electrons. The van der Waals surface area contributed by atoms with Gasteiger partial charge in [0.2, 0.25) is 0 Å². The molecule has 6 nitrogen and oxygen atoms in total. The topological polar surface area (TPSA) is 73.9 Å². The van der Waals surface area contributed by atoms with Crippen molar-refractivity contribution in [3.63, 3.8) is 0 Å². The van der Waals surface area contributed by atoms with Crippen molar-refractivity contribution in [1.82, 2.24) is 5.32 Å². The molecule has 0 aliphatic rings. The number of ether oxygens (including phenoxy) is 3. The molecule has 0 saturated carbocycles. The fraction of sp³-hybridized carbons (Fsp3) is 0.391. The van der Waals surface area contributed by atoms with Crippen LogP contribution in [0.15, 0.2) is 54.6 Å². The molecule has 1 amide bonds. The van der Waals surface area contributed by atoms with Gasteiger partial charge in [-0.2, -0.15) is 0 Å². The molecule has 0 aliphatic carbocycles. The fourth-order valence-electron chi connectivity index (χ4n) is 2.74. The van der Waals surface area contributed by atoms with Crippen molar-refractivity contribution < 1.29 is 23.8 Å². The number of rotatable bonds is 7. The summed E-state index contributed by atoms with van der Waals surface area (Å²) in [6.45, 7) is 7.33. The third kappa shape index (κ3) is 7.14. The van der Waals surface area contributed by atoms with E-state index in [0.717, 1.165) is 11.1 Å². The lowest BCUT2D eigenvalue weighted by atomic mass is 9.93. The van der Waals surface area contributed by atoms with Gasteiger partial charge in [0, 0.05) is 5.92 Å². The maximum absolute atomic E-state index is 12.8. The number of carbonyl (C=O) groups is 2. The number of carbonyl (C=O) groups excluding carboxylic acids is 2. The van der Waals surface area contributed by atoms with Crippen molar-refractivity contribution in [1.29, 1.82) is 0 Å². The van der Waals surface area contributed by atoms with Gasteiger partial charge in [0.1, 0.15) is 24.0 Å². The molecule has 0 aliphatic heterocycles. The number of alkyl carbamates (subject to hydrolysis) is 1. The molecule has 2 aromatic rings. The highest BCUT2D eigenvalue weighted by atomic mass is 16.6. The highest BCUT2D eigenvalue weighted by Crippen LogP contribution is 2.24. The molecule has 2 aromatic carbocycles. The Morgan fingerprint density at radius 1 is 1.00 bits per heavy atom. The molecular weight excluding hydrogens is 370 g/mol. The van der Waals surface area contributed by atoms with Gasteiger partial charge < -0.3 is 19.5 Å². The first-order chi connectivity index (χ1) is 13.7. The largest absolute Gasteiger partial charge is 0.497 e. The molecular formula is C23H29NO5.